The summed E-state index contributed by atoms with van der Waals surface area (Å²) in [5.74, 6) is -0.0436. The lowest BCUT2D eigenvalue weighted by molar-refractivity contribution is 0.0644. The zero-order chi connectivity index (χ0) is 17.1. The molecule has 2 heterocycles. The first-order chi connectivity index (χ1) is 11.6. The highest BCUT2D eigenvalue weighted by Crippen LogP contribution is 2.25. The summed E-state index contributed by atoms with van der Waals surface area (Å²) in [7, 11) is 0. The predicted molar refractivity (Wildman–Crippen MR) is 107 cm³/mol. The maximum atomic E-state index is 13.2. The number of fused-ring (bicyclic) bond motifs is 1. The fourth-order valence-corrected chi connectivity index (χ4v) is 3.85. The van der Waals surface area contributed by atoms with E-state index in [9.17, 15) is 9.59 Å². The Balaban J connectivity index is 0.00000225. The van der Waals surface area contributed by atoms with Crippen molar-refractivity contribution in [3.05, 3.63) is 44.7 Å². The minimum atomic E-state index is -0.250. The minimum absolute atomic E-state index is 0. The number of hydrogen-bond acceptors (Lipinski definition) is 3. The van der Waals surface area contributed by atoms with Gasteiger partial charge in [0.2, 0.25) is 5.56 Å². The number of aromatic nitrogens is 1. The molecule has 1 aliphatic heterocycles. The number of amides is 1. The molecule has 0 saturated carbocycles. The van der Waals surface area contributed by atoms with Gasteiger partial charge in [0, 0.05) is 28.5 Å². The molecule has 5 nitrogen and oxygen atoms in total. The van der Waals surface area contributed by atoms with Crippen molar-refractivity contribution in [3.8, 4) is 0 Å². The number of piperidine rings is 1. The molecule has 1 aliphatic rings. The van der Waals surface area contributed by atoms with Crippen molar-refractivity contribution < 1.29 is 4.79 Å². The van der Waals surface area contributed by atoms with Gasteiger partial charge in [-0.05, 0) is 54.3 Å². The first-order valence-corrected chi connectivity index (χ1v) is 9.24. The van der Waals surface area contributed by atoms with E-state index in [2.05, 4.69) is 33.2 Å². The number of nitrogens with zero attached hydrogens (tertiary/aromatic N) is 1. The molecule has 1 saturated heterocycles. The van der Waals surface area contributed by atoms with Crippen molar-refractivity contribution in [1.29, 1.82) is 0 Å². The zero-order valence-electron chi connectivity index (χ0n) is 14.2. The Morgan fingerprint density at radius 1 is 1.32 bits per heavy atom. The average Bonchev–Trinajstić information content (AvgIpc) is 2.60. The highest BCUT2D eigenvalue weighted by Gasteiger charge is 2.27. The van der Waals surface area contributed by atoms with Crippen molar-refractivity contribution in [2.24, 2.45) is 0 Å². The van der Waals surface area contributed by atoms with Gasteiger partial charge in [-0.15, -0.1) is 12.4 Å². The van der Waals surface area contributed by atoms with Gasteiger partial charge in [0.1, 0.15) is 0 Å². The summed E-state index contributed by atoms with van der Waals surface area (Å²) in [5, 5.41) is 4.12. The van der Waals surface area contributed by atoms with Gasteiger partial charge in [-0.25, -0.2) is 0 Å². The number of carbonyl (C=O) groups excluding carboxylic acids is 1. The normalized spacial score (nSPS) is 15.0. The van der Waals surface area contributed by atoms with Gasteiger partial charge in [-0.3, -0.25) is 9.59 Å². The number of rotatable bonds is 4. The number of benzene rings is 1. The third kappa shape index (κ3) is 4.25. The van der Waals surface area contributed by atoms with Gasteiger partial charge >= 0.3 is 0 Å². The molecule has 1 aromatic carbocycles. The van der Waals surface area contributed by atoms with Crippen LogP contribution >= 0.6 is 28.3 Å². The monoisotopic (exact) mass is 427 g/mol. The van der Waals surface area contributed by atoms with Crippen LogP contribution in [0.1, 0.15) is 36.5 Å². The molecule has 7 heteroatoms. The van der Waals surface area contributed by atoms with E-state index in [0.29, 0.717) is 17.6 Å². The summed E-state index contributed by atoms with van der Waals surface area (Å²) in [4.78, 5) is 30.1. The molecule has 136 valence electrons. The Bertz CT molecular complexity index is 802. The number of para-hydroxylation sites is 1. The smallest absolute Gasteiger partial charge is 0.254 e. The maximum absolute atomic E-state index is 13.2. The van der Waals surface area contributed by atoms with Crippen LogP contribution in [0.5, 0.6) is 0 Å². The van der Waals surface area contributed by atoms with Crippen molar-refractivity contribution in [3.63, 3.8) is 0 Å². The quantitative estimate of drug-likeness (QED) is 0.785. The second-order valence-corrected chi connectivity index (χ2v) is 7.04. The number of halogens is 2. The molecule has 0 aliphatic carbocycles. The summed E-state index contributed by atoms with van der Waals surface area (Å²) in [6.07, 6.45) is 2.81. The van der Waals surface area contributed by atoms with E-state index in [0.717, 1.165) is 42.2 Å². The molecule has 2 aromatic rings. The molecule has 1 fully saturated rings. The van der Waals surface area contributed by atoms with E-state index < -0.39 is 0 Å². The summed E-state index contributed by atoms with van der Waals surface area (Å²) >= 11 is 3.46. The van der Waals surface area contributed by atoms with E-state index in [4.69, 9.17) is 0 Å². The SMILES string of the molecule is CCCN(C(=O)c1cc(=O)[nH]c2c(Br)cccc12)C1CCNCC1.Cl. The summed E-state index contributed by atoms with van der Waals surface area (Å²) in [5.41, 5.74) is 0.914. The van der Waals surface area contributed by atoms with E-state index >= 15 is 0 Å². The Hall–Kier alpha value is -1.37. The highest BCUT2D eigenvalue weighted by molar-refractivity contribution is 9.10. The van der Waals surface area contributed by atoms with Crippen LogP contribution in [0.4, 0.5) is 0 Å². The van der Waals surface area contributed by atoms with Gasteiger partial charge < -0.3 is 15.2 Å². The van der Waals surface area contributed by atoms with Crippen LogP contribution in [0.25, 0.3) is 10.9 Å². The van der Waals surface area contributed by atoms with Gasteiger partial charge in [0.25, 0.3) is 5.91 Å². The first-order valence-electron chi connectivity index (χ1n) is 8.45. The van der Waals surface area contributed by atoms with E-state index in [-0.39, 0.29) is 29.9 Å². The second-order valence-electron chi connectivity index (χ2n) is 6.19. The summed E-state index contributed by atoms with van der Waals surface area (Å²) in [6.45, 7) is 4.65. The van der Waals surface area contributed by atoms with Crippen LogP contribution < -0.4 is 10.9 Å². The second kappa shape index (κ2) is 8.83. The van der Waals surface area contributed by atoms with Crippen LogP contribution in [0, 0.1) is 0 Å². The zero-order valence-corrected chi connectivity index (χ0v) is 16.6. The fraction of sp³-hybridized carbons (Fsp3) is 0.444. The molecule has 2 N–H and O–H groups in total. The Kier molecular flexibility index (Phi) is 7.04. The fourth-order valence-electron chi connectivity index (χ4n) is 3.38. The molecule has 0 unspecified atom stereocenters. The topological polar surface area (TPSA) is 65.2 Å². The Morgan fingerprint density at radius 2 is 2.04 bits per heavy atom. The number of H-pyrrole nitrogens is 1. The molecule has 1 aromatic heterocycles. The lowest BCUT2D eigenvalue weighted by Gasteiger charge is -2.34. The van der Waals surface area contributed by atoms with Crippen LogP contribution in [0.15, 0.2) is 33.5 Å². The molecule has 3 rings (SSSR count). The van der Waals surface area contributed by atoms with Crippen LogP contribution in [-0.4, -0.2) is 41.5 Å². The van der Waals surface area contributed by atoms with Crippen LogP contribution in [0.2, 0.25) is 0 Å². The van der Waals surface area contributed by atoms with Gasteiger partial charge in [0.05, 0.1) is 11.1 Å². The number of aromatic amines is 1. The van der Waals surface area contributed by atoms with E-state index in [1.165, 1.54) is 6.07 Å². The number of carbonyl (C=O) groups is 1. The Morgan fingerprint density at radius 3 is 2.72 bits per heavy atom. The maximum Gasteiger partial charge on any atom is 0.254 e. The Labute approximate surface area is 161 Å². The lowest BCUT2D eigenvalue weighted by Crippen LogP contribution is -2.46. The van der Waals surface area contributed by atoms with Crippen molar-refractivity contribution in [1.82, 2.24) is 15.2 Å². The number of pyridine rings is 1. The molecule has 25 heavy (non-hydrogen) atoms. The predicted octanol–water partition coefficient (Wildman–Crippen LogP) is 3.32. The molecule has 1 amide bonds. The van der Waals surface area contributed by atoms with Gasteiger partial charge in [-0.2, -0.15) is 0 Å². The van der Waals surface area contributed by atoms with Gasteiger partial charge in [-0.1, -0.05) is 19.1 Å². The highest BCUT2D eigenvalue weighted by atomic mass is 79.9. The molecular weight excluding hydrogens is 406 g/mol. The summed E-state index contributed by atoms with van der Waals surface area (Å²) < 4.78 is 0.788. The molecule has 0 bridgehead atoms. The third-order valence-corrected chi connectivity index (χ3v) is 5.19. The minimum Gasteiger partial charge on any atom is -0.336 e. The molecule has 0 atom stereocenters. The number of hydrogen-bond donors (Lipinski definition) is 2. The standard InChI is InChI=1S/C18H22BrN3O2.ClH/c1-2-10-22(12-6-8-20-9-7-12)18(24)14-11-16(23)21-17-13(14)4-3-5-15(17)19;/h3-5,11-12,20H,2,6-10H2,1H3,(H,21,23);1H. The summed E-state index contributed by atoms with van der Waals surface area (Å²) in [6, 6.07) is 7.30. The molecule has 0 spiro atoms. The van der Waals surface area contributed by atoms with Crippen molar-refractivity contribution >= 4 is 45.1 Å². The number of nitrogens with one attached hydrogen (secondary N) is 2. The lowest BCUT2D eigenvalue weighted by atomic mass is 10.0. The van der Waals surface area contributed by atoms with Crippen LogP contribution in [0.3, 0.4) is 0 Å². The van der Waals surface area contributed by atoms with Crippen molar-refractivity contribution in [2.45, 2.75) is 32.2 Å². The molecule has 0 radical (unpaired) electrons. The van der Waals surface area contributed by atoms with E-state index in [1.807, 2.05) is 23.1 Å². The molecular formula is C18H23BrClN3O2. The largest absolute Gasteiger partial charge is 0.336 e. The third-order valence-electron chi connectivity index (χ3n) is 4.53. The average molecular weight is 429 g/mol. The van der Waals surface area contributed by atoms with Gasteiger partial charge in [0.15, 0.2) is 0 Å². The van der Waals surface area contributed by atoms with Crippen molar-refractivity contribution in [2.75, 3.05) is 19.6 Å². The van der Waals surface area contributed by atoms with E-state index in [1.54, 1.807) is 0 Å². The first kappa shape index (κ1) is 19.9. The van der Waals surface area contributed by atoms with Crippen LogP contribution in [-0.2, 0) is 0 Å².